The largest absolute Gasteiger partial charge is 0.486 e. The van der Waals surface area contributed by atoms with Crippen molar-refractivity contribution in [1.29, 1.82) is 0 Å². The van der Waals surface area contributed by atoms with Gasteiger partial charge in [-0.15, -0.1) is 0 Å². The van der Waals surface area contributed by atoms with Crippen LogP contribution in [0.3, 0.4) is 0 Å². The molecule has 0 radical (unpaired) electrons. The number of fused-ring (bicyclic) bond motifs is 1. The zero-order valence-electron chi connectivity index (χ0n) is 13.8. The number of para-hydroxylation sites is 1. The molecule has 0 saturated carbocycles. The Morgan fingerprint density at radius 3 is 2.62 bits per heavy atom. The van der Waals surface area contributed by atoms with E-state index >= 15 is 0 Å². The van der Waals surface area contributed by atoms with E-state index in [9.17, 15) is 0 Å². The van der Waals surface area contributed by atoms with Crippen LogP contribution in [0, 0.1) is 0 Å². The fourth-order valence-corrected chi connectivity index (χ4v) is 2.86. The highest BCUT2D eigenvalue weighted by atomic mass is 35.5. The predicted octanol–water partition coefficient (Wildman–Crippen LogP) is 4.51. The molecule has 128 valence electrons. The molecular formula is C20H15ClN4O. The number of hydrogen-bond donors (Lipinski definition) is 1. The van der Waals surface area contributed by atoms with E-state index in [-0.39, 0.29) is 0 Å². The van der Waals surface area contributed by atoms with Gasteiger partial charge in [-0.3, -0.25) is 4.98 Å². The number of benzene rings is 2. The fourth-order valence-electron chi connectivity index (χ4n) is 2.62. The molecule has 0 spiro atoms. The maximum atomic E-state index is 6.37. The zero-order chi connectivity index (χ0) is 17.9. The summed E-state index contributed by atoms with van der Waals surface area (Å²) >= 11 is 6.37. The number of ether oxygens (including phenoxy) is 1. The maximum Gasteiger partial charge on any atom is 0.162 e. The van der Waals surface area contributed by atoms with Crippen LogP contribution in [0.25, 0.3) is 22.3 Å². The lowest BCUT2D eigenvalue weighted by Gasteiger charge is -2.10. The van der Waals surface area contributed by atoms with Crippen molar-refractivity contribution in [2.24, 2.45) is 0 Å². The highest BCUT2D eigenvalue weighted by Crippen LogP contribution is 2.31. The van der Waals surface area contributed by atoms with Crippen molar-refractivity contribution in [3.05, 3.63) is 77.6 Å². The minimum absolute atomic E-state index is 0.347. The van der Waals surface area contributed by atoms with Crippen molar-refractivity contribution in [3.63, 3.8) is 0 Å². The SMILES string of the molecule is Nc1nc(-c2ccc(OCc3ccccn3)c(Cl)c2)nc2ccccc12. The standard InChI is InChI=1S/C20H15ClN4O/c21-16-11-13(8-9-18(16)26-12-14-5-3-4-10-23-14)20-24-17-7-2-1-6-15(17)19(22)25-20/h1-11H,12H2,(H2,22,24,25). The van der Waals surface area contributed by atoms with Crippen molar-refractivity contribution in [2.45, 2.75) is 6.61 Å². The van der Waals surface area contributed by atoms with E-state index < -0.39 is 0 Å². The summed E-state index contributed by atoms with van der Waals surface area (Å²) in [5, 5.41) is 1.31. The Kier molecular flexibility index (Phi) is 4.37. The second-order valence-corrected chi connectivity index (χ2v) is 6.11. The molecule has 0 amide bonds. The average molecular weight is 363 g/mol. The molecule has 4 aromatic rings. The average Bonchev–Trinajstić information content (AvgIpc) is 2.68. The van der Waals surface area contributed by atoms with Crippen LogP contribution < -0.4 is 10.5 Å². The Balaban J connectivity index is 1.61. The van der Waals surface area contributed by atoms with Crippen LogP contribution in [-0.2, 0) is 6.61 Å². The summed E-state index contributed by atoms with van der Waals surface area (Å²) in [6.45, 7) is 0.347. The summed E-state index contributed by atoms with van der Waals surface area (Å²) in [4.78, 5) is 13.2. The van der Waals surface area contributed by atoms with Crippen molar-refractivity contribution in [1.82, 2.24) is 15.0 Å². The van der Waals surface area contributed by atoms with Gasteiger partial charge in [0.25, 0.3) is 0 Å². The third-order valence-electron chi connectivity index (χ3n) is 3.92. The molecule has 26 heavy (non-hydrogen) atoms. The Morgan fingerprint density at radius 2 is 1.81 bits per heavy atom. The molecule has 0 aliphatic carbocycles. The van der Waals surface area contributed by atoms with E-state index in [1.807, 2.05) is 48.5 Å². The van der Waals surface area contributed by atoms with Gasteiger partial charge in [0.1, 0.15) is 18.2 Å². The molecule has 0 bridgehead atoms. The van der Waals surface area contributed by atoms with Crippen molar-refractivity contribution >= 4 is 28.3 Å². The number of aromatic nitrogens is 3. The second kappa shape index (κ2) is 6.98. The van der Waals surface area contributed by atoms with E-state index in [1.54, 1.807) is 18.3 Å². The number of nitrogen functional groups attached to an aromatic ring is 1. The fraction of sp³-hybridized carbons (Fsp3) is 0.0500. The van der Waals surface area contributed by atoms with Crippen LogP contribution >= 0.6 is 11.6 Å². The van der Waals surface area contributed by atoms with Crippen LogP contribution in [0.4, 0.5) is 5.82 Å². The molecule has 2 N–H and O–H groups in total. The highest BCUT2D eigenvalue weighted by Gasteiger charge is 2.10. The van der Waals surface area contributed by atoms with Gasteiger partial charge in [0.15, 0.2) is 5.82 Å². The summed E-state index contributed by atoms with van der Waals surface area (Å²) in [6, 6.07) is 18.7. The van der Waals surface area contributed by atoms with Gasteiger partial charge in [-0.25, -0.2) is 9.97 Å². The molecule has 0 unspecified atom stereocenters. The molecule has 0 aliphatic heterocycles. The minimum Gasteiger partial charge on any atom is -0.486 e. The highest BCUT2D eigenvalue weighted by molar-refractivity contribution is 6.32. The van der Waals surface area contributed by atoms with Gasteiger partial charge in [-0.1, -0.05) is 29.8 Å². The van der Waals surface area contributed by atoms with Gasteiger partial charge < -0.3 is 10.5 Å². The monoisotopic (exact) mass is 362 g/mol. The molecule has 0 saturated heterocycles. The Hall–Kier alpha value is -3.18. The van der Waals surface area contributed by atoms with Gasteiger partial charge >= 0.3 is 0 Å². The molecule has 0 aliphatic rings. The van der Waals surface area contributed by atoms with Crippen LogP contribution in [-0.4, -0.2) is 15.0 Å². The molecule has 0 fully saturated rings. The van der Waals surface area contributed by atoms with Gasteiger partial charge in [0.2, 0.25) is 0 Å². The van der Waals surface area contributed by atoms with Gasteiger partial charge in [-0.2, -0.15) is 0 Å². The number of anilines is 1. The third-order valence-corrected chi connectivity index (χ3v) is 4.22. The lowest BCUT2D eigenvalue weighted by Crippen LogP contribution is -1.99. The second-order valence-electron chi connectivity index (χ2n) is 5.70. The zero-order valence-corrected chi connectivity index (χ0v) is 14.5. The molecule has 2 aromatic heterocycles. The number of pyridine rings is 1. The normalized spacial score (nSPS) is 10.8. The van der Waals surface area contributed by atoms with E-state index in [2.05, 4.69) is 15.0 Å². The molecular weight excluding hydrogens is 348 g/mol. The van der Waals surface area contributed by atoms with E-state index in [0.29, 0.717) is 29.0 Å². The Labute approximate surface area is 155 Å². The van der Waals surface area contributed by atoms with Gasteiger partial charge in [-0.05, 0) is 42.5 Å². The molecule has 4 rings (SSSR count). The summed E-state index contributed by atoms with van der Waals surface area (Å²) in [7, 11) is 0. The lowest BCUT2D eigenvalue weighted by atomic mass is 10.1. The van der Waals surface area contributed by atoms with Crippen molar-refractivity contribution in [2.75, 3.05) is 5.73 Å². The number of nitrogens with two attached hydrogens (primary N) is 1. The molecule has 6 heteroatoms. The number of hydrogen-bond acceptors (Lipinski definition) is 5. The van der Waals surface area contributed by atoms with Crippen LogP contribution in [0.15, 0.2) is 66.9 Å². The smallest absolute Gasteiger partial charge is 0.162 e. The first-order valence-corrected chi connectivity index (χ1v) is 8.43. The molecule has 2 aromatic carbocycles. The number of halogens is 1. The van der Waals surface area contributed by atoms with Gasteiger partial charge in [0.05, 0.1) is 16.2 Å². The topological polar surface area (TPSA) is 73.9 Å². The Morgan fingerprint density at radius 1 is 0.962 bits per heavy atom. The minimum atomic E-state index is 0.347. The van der Waals surface area contributed by atoms with Gasteiger partial charge in [0, 0.05) is 17.1 Å². The van der Waals surface area contributed by atoms with Crippen LogP contribution in [0.2, 0.25) is 5.02 Å². The number of nitrogens with zero attached hydrogens (tertiary/aromatic N) is 3. The lowest BCUT2D eigenvalue weighted by molar-refractivity contribution is 0.301. The van der Waals surface area contributed by atoms with Crippen LogP contribution in [0.1, 0.15) is 5.69 Å². The van der Waals surface area contributed by atoms with E-state index in [0.717, 1.165) is 22.2 Å². The summed E-state index contributed by atoms with van der Waals surface area (Å²) in [6.07, 6.45) is 1.73. The van der Waals surface area contributed by atoms with Crippen LogP contribution in [0.5, 0.6) is 5.75 Å². The molecule has 5 nitrogen and oxygen atoms in total. The van der Waals surface area contributed by atoms with E-state index in [1.165, 1.54) is 0 Å². The predicted molar refractivity (Wildman–Crippen MR) is 103 cm³/mol. The molecule has 0 atom stereocenters. The summed E-state index contributed by atoms with van der Waals surface area (Å²) in [5.74, 6) is 1.55. The van der Waals surface area contributed by atoms with E-state index in [4.69, 9.17) is 22.1 Å². The van der Waals surface area contributed by atoms with Crippen molar-refractivity contribution in [3.8, 4) is 17.1 Å². The summed E-state index contributed by atoms with van der Waals surface area (Å²) < 4.78 is 5.75. The Bertz CT molecular complexity index is 1070. The first kappa shape index (κ1) is 16.3. The first-order chi connectivity index (χ1) is 12.7. The van der Waals surface area contributed by atoms with Crippen molar-refractivity contribution < 1.29 is 4.74 Å². The summed E-state index contributed by atoms with van der Waals surface area (Å²) in [5.41, 5.74) is 8.46. The number of rotatable bonds is 4. The first-order valence-electron chi connectivity index (χ1n) is 8.05. The maximum absolute atomic E-state index is 6.37. The quantitative estimate of drug-likeness (QED) is 0.578. The third kappa shape index (κ3) is 3.30. The molecule has 2 heterocycles.